The number of unbranched alkanes of at least 4 members (excludes halogenated alkanes) is 5. The first kappa shape index (κ1) is 19.8. The number of imidazole rings is 1. The Hall–Kier alpha value is -1.57. The lowest BCUT2D eigenvalue weighted by Gasteiger charge is -2.25. The Morgan fingerprint density at radius 1 is 0.880 bits per heavy atom. The van der Waals surface area contributed by atoms with Crippen molar-refractivity contribution in [3.8, 4) is 0 Å². The second kappa shape index (κ2) is 11.9. The molecule has 1 aromatic carbocycles. The van der Waals surface area contributed by atoms with E-state index in [1.54, 1.807) is 0 Å². The van der Waals surface area contributed by atoms with Crippen LogP contribution >= 0.6 is 0 Å². The zero-order chi connectivity index (χ0) is 17.7. The minimum absolute atomic E-state index is 0.611. The van der Waals surface area contributed by atoms with Crippen molar-refractivity contribution in [2.45, 2.75) is 84.1 Å². The van der Waals surface area contributed by atoms with Gasteiger partial charge >= 0.3 is 0 Å². The number of hydrogen-bond donors (Lipinski definition) is 1. The van der Waals surface area contributed by atoms with E-state index in [2.05, 4.69) is 72.5 Å². The van der Waals surface area contributed by atoms with Gasteiger partial charge in [0.1, 0.15) is 18.4 Å². The quantitative estimate of drug-likeness (QED) is 0.328. The summed E-state index contributed by atoms with van der Waals surface area (Å²) in [5.41, 5.74) is 1.49. The number of aromatic amines is 1. The summed E-state index contributed by atoms with van der Waals surface area (Å²) in [6, 6.07) is 11.7. The summed E-state index contributed by atoms with van der Waals surface area (Å²) in [6.45, 7) is 4.59. The highest BCUT2D eigenvalue weighted by atomic mass is 15.1. The third kappa shape index (κ3) is 7.05. The fraction of sp³-hybridized carbons (Fsp3) is 0.609. The summed E-state index contributed by atoms with van der Waals surface area (Å²) in [5.74, 6) is 0.719. The number of aromatic nitrogens is 2. The van der Waals surface area contributed by atoms with E-state index in [0.29, 0.717) is 6.04 Å². The second-order valence-corrected chi connectivity index (χ2v) is 7.42. The Morgan fingerprint density at radius 2 is 1.60 bits per heavy atom. The van der Waals surface area contributed by atoms with Crippen LogP contribution in [0.4, 0.5) is 0 Å². The van der Waals surface area contributed by atoms with E-state index in [-0.39, 0.29) is 0 Å². The molecule has 0 aliphatic carbocycles. The van der Waals surface area contributed by atoms with Crippen molar-refractivity contribution >= 4 is 0 Å². The molecule has 0 aliphatic rings. The summed E-state index contributed by atoms with van der Waals surface area (Å²) in [5, 5.41) is 0. The van der Waals surface area contributed by atoms with Crippen molar-refractivity contribution in [3.63, 3.8) is 0 Å². The molecule has 138 valence electrons. The summed E-state index contributed by atoms with van der Waals surface area (Å²) in [6.07, 6.45) is 19.7. The van der Waals surface area contributed by atoms with Crippen LogP contribution in [-0.4, -0.2) is 4.98 Å². The van der Waals surface area contributed by atoms with E-state index < -0.39 is 0 Å². The summed E-state index contributed by atoms with van der Waals surface area (Å²) in [7, 11) is 0. The van der Waals surface area contributed by atoms with Gasteiger partial charge in [0.2, 0.25) is 6.33 Å². The Labute approximate surface area is 154 Å². The SMILES string of the molecule is CCCCCCC(Cc1ccccc1)C(CCCCC)[n+]1cc[nH]c1. The van der Waals surface area contributed by atoms with E-state index >= 15 is 0 Å². The Bertz CT molecular complexity index is 532. The smallest absolute Gasteiger partial charge is 0.241 e. The van der Waals surface area contributed by atoms with Crippen molar-refractivity contribution in [1.82, 2.24) is 4.98 Å². The van der Waals surface area contributed by atoms with Crippen LogP contribution in [0, 0.1) is 5.92 Å². The van der Waals surface area contributed by atoms with Crippen LogP contribution in [0.15, 0.2) is 49.1 Å². The van der Waals surface area contributed by atoms with Gasteiger partial charge in [0, 0.05) is 5.92 Å². The minimum atomic E-state index is 0.611. The fourth-order valence-electron chi connectivity index (χ4n) is 3.92. The predicted molar refractivity (Wildman–Crippen MR) is 107 cm³/mol. The van der Waals surface area contributed by atoms with Crippen molar-refractivity contribution in [2.24, 2.45) is 5.92 Å². The lowest BCUT2D eigenvalue weighted by Crippen LogP contribution is -2.42. The normalized spacial score (nSPS) is 13.7. The number of H-pyrrole nitrogens is 1. The van der Waals surface area contributed by atoms with Crippen LogP contribution in [0.2, 0.25) is 0 Å². The molecule has 1 aromatic heterocycles. The first-order chi connectivity index (χ1) is 12.3. The molecule has 2 aromatic rings. The molecule has 2 atom stereocenters. The van der Waals surface area contributed by atoms with E-state index in [1.165, 1.54) is 69.8 Å². The molecule has 0 aliphatic heterocycles. The molecule has 2 heteroatoms. The maximum absolute atomic E-state index is 3.26. The Morgan fingerprint density at radius 3 is 2.28 bits per heavy atom. The van der Waals surface area contributed by atoms with Gasteiger partial charge in [-0.2, -0.15) is 0 Å². The van der Waals surface area contributed by atoms with E-state index in [9.17, 15) is 0 Å². The molecule has 0 radical (unpaired) electrons. The highest BCUT2D eigenvalue weighted by molar-refractivity contribution is 5.15. The van der Waals surface area contributed by atoms with Crippen molar-refractivity contribution in [3.05, 3.63) is 54.6 Å². The molecule has 25 heavy (non-hydrogen) atoms. The average molecular weight is 342 g/mol. The molecule has 2 nitrogen and oxygen atoms in total. The van der Waals surface area contributed by atoms with Gasteiger partial charge in [-0.3, -0.25) is 4.98 Å². The summed E-state index contributed by atoms with van der Waals surface area (Å²) < 4.78 is 2.43. The maximum Gasteiger partial charge on any atom is 0.241 e. The van der Waals surface area contributed by atoms with E-state index in [0.717, 1.165) is 5.92 Å². The van der Waals surface area contributed by atoms with Crippen LogP contribution in [0.3, 0.4) is 0 Å². The Balaban J connectivity index is 2.09. The molecule has 0 saturated carbocycles. The van der Waals surface area contributed by atoms with Gasteiger partial charge in [-0.05, 0) is 31.2 Å². The van der Waals surface area contributed by atoms with Crippen molar-refractivity contribution < 1.29 is 4.57 Å². The molecular weight excluding hydrogens is 304 g/mol. The van der Waals surface area contributed by atoms with Gasteiger partial charge in [0.15, 0.2) is 0 Å². The average Bonchev–Trinajstić information content (AvgIpc) is 3.17. The zero-order valence-corrected chi connectivity index (χ0v) is 16.3. The summed E-state index contributed by atoms with van der Waals surface area (Å²) in [4.78, 5) is 3.26. The molecule has 0 spiro atoms. The molecule has 0 saturated heterocycles. The lowest BCUT2D eigenvalue weighted by molar-refractivity contribution is -0.730. The molecule has 0 amide bonds. The molecule has 2 unspecified atom stereocenters. The van der Waals surface area contributed by atoms with Gasteiger partial charge in [-0.15, -0.1) is 0 Å². The van der Waals surface area contributed by atoms with Crippen LogP contribution in [0.5, 0.6) is 0 Å². The van der Waals surface area contributed by atoms with E-state index in [4.69, 9.17) is 0 Å². The highest BCUT2D eigenvalue weighted by Crippen LogP contribution is 2.28. The number of benzene rings is 1. The van der Waals surface area contributed by atoms with Crippen LogP contribution in [0.1, 0.15) is 83.2 Å². The monoisotopic (exact) mass is 341 g/mol. The third-order valence-electron chi connectivity index (χ3n) is 5.37. The van der Waals surface area contributed by atoms with Crippen LogP contribution in [-0.2, 0) is 6.42 Å². The fourth-order valence-corrected chi connectivity index (χ4v) is 3.92. The van der Waals surface area contributed by atoms with Crippen molar-refractivity contribution in [1.29, 1.82) is 0 Å². The number of nitrogens with one attached hydrogen (secondary N) is 1. The van der Waals surface area contributed by atoms with Gasteiger partial charge < -0.3 is 0 Å². The topological polar surface area (TPSA) is 19.7 Å². The lowest BCUT2D eigenvalue weighted by atomic mass is 9.84. The first-order valence-electron chi connectivity index (χ1n) is 10.4. The minimum Gasteiger partial charge on any atom is -0.250 e. The second-order valence-electron chi connectivity index (χ2n) is 7.42. The zero-order valence-electron chi connectivity index (χ0n) is 16.3. The number of nitrogens with zero attached hydrogens (tertiary/aromatic N) is 1. The largest absolute Gasteiger partial charge is 0.250 e. The van der Waals surface area contributed by atoms with Gasteiger partial charge in [0.25, 0.3) is 0 Å². The number of rotatable bonds is 13. The third-order valence-corrected chi connectivity index (χ3v) is 5.37. The molecule has 1 N–H and O–H groups in total. The number of hydrogen-bond acceptors (Lipinski definition) is 0. The summed E-state index contributed by atoms with van der Waals surface area (Å²) >= 11 is 0. The predicted octanol–water partition coefficient (Wildman–Crippen LogP) is 6.25. The highest BCUT2D eigenvalue weighted by Gasteiger charge is 2.26. The first-order valence-corrected chi connectivity index (χ1v) is 10.4. The Kier molecular flexibility index (Phi) is 9.40. The van der Waals surface area contributed by atoms with Gasteiger partial charge in [-0.1, -0.05) is 82.7 Å². The standard InChI is InChI=1S/C23H36N2/c1-3-5-7-12-15-22(19-21-13-10-8-11-14-21)23(16-9-6-4-2)25-18-17-24-20-25/h8,10-11,13-14,17-18,20,22-23H,3-7,9,12,15-16,19H2,1-2H3/p+1. The van der Waals surface area contributed by atoms with E-state index in [1.807, 2.05) is 0 Å². The maximum atomic E-state index is 3.26. The molecule has 2 rings (SSSR count). The van der Waals surface area contributed by atoms with Gasteiger partial charge in [-0.25, -0.2) is 4.57 Å². The molecule has 1 heterocycles. The molecule has 0 bridgehead atoms. The van der Waals surface area contributed by atoms with Crippen molar-refractivity contribution in [2.75, 3.05) is 0 Å². The molecular formula is C23H37N2+. The molecule has 0 fully saturated rings. The van der Waals surface area contributed by atoms with Gasteiger partial charge in [0.05, 0.1) is 0 Å². The van der Waals surface area contributed by atoms with Crippen LogP contribution in [0.25, 0.3) is 0 Å². The van der Waals surface area contributed by atoms with Crippen LogP contribution < -0.4 is 4.57 Å².